The first-order valence-electron chi connectivity index (χ1n) is 4.94. The lowest BCUT2D eigenvalue weighted by molar-refractivity contribution is -0.0523. The fourth-order valence-corrected chi connectivity index (χ4v) is 1.45. The molecule has 0 saturated carbocycles. The first kappa shape index (κ1) is 15.3. The van der Waals surface area contributed by atoms with Crippen LogP contribution in [0.15, 0.2) is 11.8 Å². The summed E-state index contributed by atoms with van der Waals surface area (Å²) in [5.74, 6) is -0.161. The van der Waals surface area contributed by atoms with E-state index < -0.39 is 15.6 Å². The lowest BCUT2D eigenvalue weighted by Gasteiger charge is -2.11. The molecule has 0 rings (SSSR count). The Morgan fingerprint density at radius 1 is 1.31 bits per heavy atom. The van der Waals surface area contributed by atoms with Crippen molar-refractivity contribution in [3.8, 4) is 0 Å². The molecule has 96 valence electrons. The van der Waals surface area contributed by atoms with Crippen LogP contribution in [0.4, 0.5) is 13.2 Å². The van der Waals surface area contributed by atoms with E-state index >= 15 is 0 Å². The zero-order valence-corrected chi connectivity index (χ0v) is 9.99. The molecule has 0 unspecified atom stereocenters. The van der Waals surface area contributed by atoms with Gasteiger partial charge in [0.2, 0.25) is 0 Å². The average Bonchev–Trinajstić information content (AvgIpc) is 2.14. The molecule has 16 heavy (non-hydrogen) atoms. The highest BCUT2D eigenvalue weighted by atomic mass is 32.2. The minimum absolute atomic E-state index is 0.110. The van der Waals surface area contributed by atoms with Gasteiger partial charge in [-0.3, -0.25) is 0 Å². The third-order valence-corrected chi connectivity index (χ3v) is 2.78. The molecule has 0 spiro atoms. The largest absolute Gasteiger partial charge is 0.534 e. The molecule has 0 atom stereocenters. The number of rotatable bonds is 6. The molecule has 0 fully saturated rings. The van der Waals surface area contributed by atoms with Crippen molar-refractivity contribution in [3.05, 3.63) is 11.8 Å². The lowest BCUT2D eigenvalue weighted by atomic mass is 10.2. The monoisotopic (exact) mass is 260 g/mol. The van der Waals surface area contributed by atoms with E-state index in [0.717, 1.165) is 12.8 Å². The Balaban J connectivity index is 4.62. The Kier molecular flexibility index (Phi) is 5.85. The fraction of sp³-hybridized carbons (Fsp3) is 0.778. The van der Waals surface area contributed by atoms with E-state index in [1.54, 1.807) is 0 Å². The molecule has 3 nitrogen and oxygen atoms in total. The third-order valence-electron chi connectivity index (χ3n) is 1.78. The van der Waals surface area contributed by atoms with Crippen LogP contribution < -0.4 is 0 Å². The molecule has 0 saturated heterocycles. The van der Waals surface area contributed by atoms with Gasteiger partial charge in [0, 0.05) is 6.42 Å². The maximum atomic E-state index is 12.0. The highest BCUT2D eigenvalue weighted by Gasteiger charge is 2.48. The van der Waals surface area contributed by atoms with Crippen LogP contribution in [0.1, 0.15) is 39.5 Å². The van der Waals surface area contributed by atoms with Crippen molar-refractivity contribution in [2.24, 2.45) is 0 Å². The number of unbranched alkanes of at least 4 members (excludes halogenated alkanes) is 2. The average molecular weight is 260 g/mol. The Labute approximate surface area is 93.4 Å². The summed E-state index contributed by atoms with van der Waals surface area (Å²) in [7, 11) is -5.51. The number of hydrogen-bond acceptors (Lipinski definition) is 3. The van der Waals surface area contributed by atoms with Gasteiger partial charge in [0.15, 0.2) is 0 Å². The smallest absolute Gasteiger partial charge is 0.381 e. The van der Waals surface area contributed by atoms with E-state index in [1.165, 1.54) is 13.0 Å². The van der Waals surface area contributed by atoms with E-state index in [2.05, 4.69) is 4.18 Å². The zero-order valence-electron chi connectivity index (χ0n) is 9.17. The van der Waals surface area contributed by atoms with Crippen LogP contribution in [0, 0.1) is 0 Å². The van der Waals surface area contributed by atoms with E-state index in [1.807, 2.05) is 6.92 Å². The maximum Gasteiger partial charge on any atom is 0.534 e. The van der Waals surface area contributed by atoms with Crippen molar-refractivity contribution in [2.45, 2.75) is 45.0 Å². The van der Waals surface area contributed by atoms with Crippen LogP contribution in [0.25, 0.3) is 0 Å². The molecule has 0 aromatic carbocycles. The fourth-order valence-electron chi connectivity index (χ4n) is 0.893. The molecule has 0 heterocycles. The summed E-state index contributed by atoms with van der Waals surface area (Å²) in [6, 6.07) is 0. The van der Waals surface area contributed by atoms with Crippen LogP contribution in [0.3, 0.4) is 0 Å². The number of halogens is 3. The van der Waals surface area contributed by atoms with Crippen molar-refractivity contribution in [1.82, 2.24) is 0 Å². The second-order valence-corrected chi connectivity index (χ2v) is 4.69. The van der Waals surface area contributed by atoms with Crippen LogP contribution in [0.2, 0.25) is 0 Å². The van der Waals surface area contributed by atoms with E-state index in [0.29, 0.717) is 6.42 Å². The van der Waals surface area contributed by atoms with Gasteiger partial charge in [0.25, 0.3) is 0 Å². The standard InChI is InChI=1S/C9H15F3O3S/c1-3-5-6-7-8(4-2)15-16(13,14)9(10,11)12/h7H,3-6H2,1-2H3/b8-7-. The first-order valence-corrected chi connectivity index (χ1v) is 6.35. The maximum absolute atomic E-state index is 12.0. The molecule has 0 radical (unpaired) electrons. The van der Waals surface area contributed by atoms with Gasteiger partial charge >= 0.3 is 15.6 Å². The third kappa shape index (κ3) is 4.87. The predicted octanol–water partition coefficient (Wildman–Crippen LogP) is 3.34. The normalized spacial score (nSPS) is 13.9. The van der Waals surface area contributed by atoms with Crippen molar-refractivity contribution in [1.29, 1.82) is 0 Å². The van der Waals surface area contributed by atoms with E-state index in [9.17, 15) is 21.6 Å². The molecule has 0 aliphatic carbocycles. The van der Waals surface area contributed by atoms with Gasteiger partial charge in [-0.2, -0.15) is 21.6 Å². The quantitative estimate of drug-likeness (QED) is 0.318. The number of hydrogen-bond donors (Lipinski definition) is 0. The molecule has 0 aromatic rings. The van der Waals surface area contributed by atoms with Crippen LogP contribution in [-0.2, 0) is 14.3 Å². The van der Waals surface area contributed by atoms with Gasteiger partial charge in [-0.15, -0.1) is 0 Å². The van der Waals surface area contributed by atoms with Gasteiger partial charge in [0.05, 0.1) is 0 Å². The SMILES string of the molecule is CCCC/C=C(/CC)OS(=O)(=O)C(F)(F)F. The lowest BCUT2D eigenvalue weighted by Crippen LogP contribution is -2.25. The van der Waals surface area contributed by atoms with E-state index in [4.69, 9.17) is 0 Å². The van der Waals surface area contributed by atoms with Crippen molar-refractivity contribution in [3.63, 3.8) is 0 Å². The first-order chi connectivity index (χ1) is 7.24. The Bertz CT molecular complexity index is 330. The molecular formula is C9H15F3O3S. The second kappa shape index (κ2) is 6.12. The van der Waals surface area contributed by atoms with Crippen LogP contribution in [0.5, 0.6) is 0 Å². The Morgan fingerprint density at radius 2 is 1.88 bits per heavy atom. The van der Waals surface area contributed by atoms with Gasteiger partial charge in [-0.05, 0) is 18.9 Å². The number of alkyl halides is 3. The van der Waals surface area contributed by atoms with Gasteiger partial charge in [-0.25, -0.2) is 0 Å². The van der Waals surface area contributed by atoms with Crippen LogP contribution in [-0.4, -0.2) is 13.9 Å². The molecule has 0 bridgehead atoms. The van der Waals surface area contributed by atoms with Crippen molar-refractivity contribution in [2.75, 3.05) is 0 Å². The summed E-state index contributed by atoms with van der Waals surface area (Å²) in [6.45, 7) is 3.45. The molecule has 0 aromatic heterocycles. The summed E-state index contributed by atoms with van der Waals surface area (Å²) in [5.41, 5.74) is -5.37. The highest BCUT2D eigenvalue weighted by Crippen LogP contribution is 2.27. The minimum Gasteiger partial charge on any atom is -0.381 e. The summed E-state index contributed by atoms with van der Waals surface area (Å²) in [5, 5.41) is 0. The number of allylic oxidation sites excluding steroid dienone is 2. The second-order valence-electron chi connectivity index (χ2n) is 3.15. The van der Waals surface area contributed by atoms with Crippen molar-refractivity contribution >= 4 is 10.1 Å². The predicted molar refractivity (Wildman–Crippen MR) is 54.0 cm³/mol. The van der Waals surface area contributed by atoms with Crippen LogP contribution >= 0.6 is 0 Å². The molecule has 7 heteroatoms. The highest BCUT2D eigenvalue weighted by molar-refractivity contribution is 7.87. The molecule has 0 aliphatic rings. The summed E-state index contributed by atoms with van der Waals surface area (Å²) in [4.78, 5) is 0. The van der Waals surface area contributed by atoms with Gasteiger partial charge in [0.1, 0.15) is 5.76 Å². The van der Waals surface area contributed by atoms with Gasteiger partial charge < -0.3 is 4.18 Å². The zero-order chi connectivity index (χ0) is 12.8. The topological polar surface area (TPSA) is 43.4 Å². The Morgan fingerprint density at radius 3 is 2.25 bits per heavy atom. The molecule has 0 amide bonds. The summed E-state index contributed by atoms with van der Waals surface area (Å²) < 4.78 is 61.3. The summed E-state index contributed by atoms with van der Waals surface area (Å²) >= 11 is 0. The molecule has 0 N–H and O–H groups in total. The van der Waals surface area contributed by atoms with Gasteiger partial charge in [-0.1, -0.05) is 20.3 Å². The van der Waals surface area contributed by atoms with Crippen molar-refractivity contribution < 1.29 is 25.8 Å². The molecule has 0 aliphatic heterocycles. The summed E-state index contributed by atoms with van der Waals surface area (Å²) in [6.07, 6.45) is 3.65. The Hall–Kier alpha value is -0.720. The molecular weight excluding hydrogens is 245 g/mol. The minimum atomic E-state index is -5.51. The van der Waals surface area contributed by atoms with E-state index in [-0.39, 0.29) is 12.2 Å².